The molecule has 1 fully saturated rings. The first-order valence-corrected chi connectivity index (χ1v) is 5.05. The largest absolute Gasteiger partial charge is 0.459 e. The summed E-state index contributed by atoms with van der Waals surface area (Å²) in [6, 6.07) is 3.03. The number of carbonyl (C=O) groups excluding carboxylic acids is 2. The molecule has 1 aliphatic heterocycles. The highest BCUT2D eigenvalue weighted by atomic mass is 16.3. The maximum atomic E-state index is 11.9. The summed E-state index contributed by atoms with van der Waals surface area (Å²) in [7, 11) is 0. The number of likely N-dealkylation sites (tertiary alicyclic amines) is 1. The Labute approximate surface area is 87.9 Å². The molecule has 0 radical (unpaired) electrons. The molecule has 80 valence electrons. The van der Waals surface area contributed by atoms with Crippen molar-refractivity contribution in [3.05, 3.63) is 24.2 Å². The van der Waals surface area contributed by atoms with E-state index in [1.165, 1.54) is 13.2 Å². The minimum absolute atomic E-state index is 0.0485. The lowest BCUT2D eigenvalue weighted by atomic mass is 10.1. The fraction of sp³-hybridized carbons (Fsp3) is 0.455. The second-order valence-corrected chi connectivity index (χ2v) is 3.74. The van der Waals surface area contributed by atoms with Crippen LogP contribution in [0.1, 0.15) is 30.3 Å². The fourth-order valence-electron chi connectivity index (χ4n) is 1.97. The van der Waals surface area contributed by atoms with E-state index in [9.17, 15) is 9.59 Å². The summed E-state index contributed by atoms with van der Waals surface area (Å²) in [5.41, 5.74) is 0. The van der Waals surface area contributed by atoms with Gasteiger partial charge in [0.15, 0.2) is 11.5 Å². The van der Waals surface area contributed by atoms with Crippen molar-refractivity contribution in [2.75, 3.05) is 6.54 Å². The topological polar surface area (TPSA) is 50.5 Å². The second kappa shape index (κ2) is 3.88. The van der Waals surface area contributed by atoms with Gasteiger partial charge in [0.1, 0.15) is 0 Å². The molecule has 1 atom stereocenters. The summed E-state index contributed by atoms with van der Waals surface area (Å²) in [5.74, 6) is 0.174. The van der Waals surface area contributed by atoms with Crippen molar-refractivity contribution < 1.29 is 14.0 Å². The Morgan fingerprint density at radius 3 is 2.93 bits per heavy atom. The first-order chi connectivity index (χ1) is 7.20. The maximum Gasteiger partial charge on any atom is 0.290 e. The van der Waals surface area contributed by atoms with Gasteiger partial charge in [-0.15, -0.1) is 0 Å². The number of carbonyl (C=O) groups is 2. The van der Waals surface area contributed by atoms with Gasteiger partial charge in [-0.05, 0) is 31.9 Å². The van der Waals surface area contributed by atoms with Crippen LogP contribution in [0, 0.1) is 0 Å². The van der Waals surface area contributed by atoms with Gasteiger partial charge < -0.3 is 9.32 Å². The van der Waals surface area contributed by atoms with Crippen LogP contribution in [0.5, 0.6) is 0 Å². The van der Waals surface area contributed by atoms with Crippen LogP contribution in [-0.4, -0.2) is 29.2 Å². The number of furan rings is 1. The number of ketones is 1. The van der Waals surface area contributed by atoms with Crippen molar-refractivity contribution >= 4 is 11.7 Å². The van der Waals surface area contributed by atoms with Crippen molar-refractivity contribution in [3.8, 4) is 0 Å². The van der Waals surface area contributed by atoms with Gasteiger partial charge in [0.2, 0.25) is 0 Å². The molecule has 0 spiro atoms. The Morgan fingerprint density at radius 2 is 2.33 bits per heavy atom. The highest BCUT2D eigenvalue weighted by Crippen LogP contribution is 2.20. The Hall–Kier alpha value is -1.58. The number of Topliss-reactive ketones (excluding diaryl/α,β-unsaturated/α-hetero) is 1. The van der Waals surface area contributed by atoms with E-state index in [0.29, 0.717) is 12.3 Å². The van der Waals surface area contributed by atoms with Crippen molar-refractivity contribution in [2.45, 2.75) is 25.8 Å². The highest BCUT2D eigenvalue weighted by Gasteiger charge is 2.33. The van der Waals surface area contributed by atoms with Crippen molar-refractivity contribution in [1.82, 2.24) is 4.90 Å². The third-order valence-corrected chi connectivity index (χ3v) is 2.71. The molecule has 4 heteroatoms. The van der Waals surface area contributed by atoms with Gasteiger partial charge in [0.25, 0.3) is 5.91 Å². The quantitative estimate of drug-likeness (QED) is 0.738. The highest BCUT2D eigenvalue weighted by molar-refractivity contribution is 5.95. The van der Waals surface area contributed by atoms with Gasteiger partial charge in [0.05, 0.1) is 12.3 Å². The zero-order valence-corrected chi connectivity index (χ0v) is 8.60. The van der Waals surface area contributed by atoms with Gasteiger partial charge in [-0.1, -0.05) is 0 Å². The maximum absolute atomic E-state index is 11.9. The van der Waals surface area contributed by atoms with E-state index in [4.69, 9.17) is 4.42 Å². The molecule has 1 saturated heterocycles. The third-order valence-electron chi connectivity index (χ3n) is 2.71. The zero-order chi connectivity index (χ0) is 10.8. The van der Waals surface area contributed by atoms with Crippen LogP contribution in [0.25, 0.3) is 0 Å². The molecule has 2 rings (SSSR count). The van der Waals surface area contributed by atoms with Gasteiger partial charge in [-0.25, -0.2) is 0 Å². The third kappa shape index (κ3) is 1.79. The van der Waals surface area contributed by atoms with Crippen LogP contribution in [0.15, 0.2) is 22.8 Å². The van der Waals surface area contributed by atoms with E-state index >= 15 is 0 Å². The predicted octanol–water partition coefficient (Wildman–Crippen LogP) is 1.47. The molecule has 2 heterocycles. The van der Waals surface area contributed by atoms with E-state index in [2.05, 4.69) is 0 Å². The smallest absolute Gasteiger partial charge is 0.290 e. The minimum atomic E-state index is -0.261. The summed E-state index contributed by atoms with van der Waals surface area (Å²) in [4.78, 5) is 24.8. The normalized spacial score (nSPS) is 20.6. The van der Waals surface area contributed by atoms with Crippen LogP contribution in [0.4, 0.5) is 0 Å². The van der Waals surface area contributed by atoms with Gasteiger partial charge in [-0.3, -0.25) is 9.59 Å². The fourth-order valence-corrected chi connectivity index (χ4v) is 1.97. The number of rotatable bonds is 2. The molecular weight excluding hydrogens is 194 g/mol. The predicted molar refractivity (Wildman–Crippen MR) is 53.4 cm³/mol. The summed E-state index contributed by atoms with van der Waals surface area (Å²) in [6.07, 6.45) is 3.12. The van der Waals surface area contributed by atoms with Crippen molar-refractivity contribution in [3.63, 3.8) is 0 Å². The van der Waals surface area contributed by atoms with Gasteiger partial charge in [0, 0.05) is 6.54 Å². The molecule has 0 unspecified atom stereocenters. The van der Waals surface area contributed by atoms with Crippen LogP contribution < -0.4 is 0 Å². The van der Waals surface area contributed by atoms with Crippen LogP contribution >= 0.6 is 0 Å². The molecule has 0 saturated carbocycles. The average molecular weight is 207 g/mol. The van der Waals surface area contributed by atoms with Crippen molar-refractivity contribution in [2.24, 2.45) is 0 Å². The Balaban J connectivity index is 2.17. The van der Waals surface area contributed by atoms with Crippen LogP contribution in [0.2, 0.25) is 0 Å². The van der Waals surface area contributed by atoms with Crippen molar-refractivity contribution in [1.29, 1.82) is 0 Å². The number of hydrogen-bond acceptors (Lipinski definition) is 3. The number of nitrogens with zero attached hydrogens (tertiary/aromatic N) is 1. The molecule has 0 aliphatic carbocycles. The van der Waals surface area contributed by atoms with E-state index in [-0.39, 0.29) is 17.7 Å². The van der Waals surface area contributed by atoms with Crippen LogP contribution in [0.3, 0.4) is 0 Å². The molecule has 0 aromatic carbocycles. The Bertz CT molecular complexity index is 369. The van der Waals surface area contributed by atoms with E-state index in [1.807, 2.05) is 0 Å². The van der Waals surface area contributed by atoms with E-state index < -0.39 is 0 Å². The molecule has 0 bridgehead atoms. The number of amides is 1. The molecular formula is C11H13NO3. The van der Waals surface area contributed by atoms with E-state index in [0.717, 1.165) is 12.8 Å². The number of hydrogen-bond donors (Lipinski definition) is 0. The van der Waals surface area contributed by atoms with Gasteiger partial charge in [-0.2, -0.15) is 0 Å². The molecule has 1 aromatic rings. The SMILES string of the molecule is CC(=O)[C@@H]1CCCN1C(=O)c1ccco1. The molecule has 1 amide bonds. The lowest BCUT2D eigenvalue weighted by molar-refractivity contribution is -0.120. The minimum Gasteiger partial charge on any atom is -0.459 e. The first kappa shape index (κ1) is 9.96. The summed E-state index contributed by atoms with van der Waals surface area (Å²) in [6.45, 7) is 2.17. The lowest BCUT2D eigenvalue weighted by Crippen LogP contribution is -2.39. The summed E-state index contributed by atoms with van der Waals surface area (Å²) >= 11 is 0. The molecule has 1 aliphatic rings. The Morgan fingerprint density at radius 1 is 1.53 bits per heavy atom. The summed E-state index contributed by atoms with van der Waals surface area (Å²) < 4.78 is 5.03. The molecule has 1 aromatic heterocycles. The monoisotopic (exact) mass is 207 g/mol. The second-order valence-electron chi connectivity index (χ2n) is 3.74. The standard InChI is InChI=1S/C11H13NO3/c1-8(13)9-4-2-6-12(9)11(14)10-5-3-7-15-10/h3,5,7,9H,2,4,6H2,1H3/t9-/m0/s1. The van der Waals surface area contributed by atoms with Gasteiger partial charge >= 0.3 is 0 Å². The molecule has 4 nitrogen and oxygen atoms in total. The lowest BCUT2D eigenvalue weighted by Gasteiger charge is -2.21. The molecule has 15 heavy (non-hydrogen) atoms. The zero-order valence-electron chi connectivity index (χ0n) is 8.60. The van der Waals surface area contributed by atoms with E-state index in [1.54, 1.807) is 17.0 Å². The first-order valence-electron chi connectivity index (χ1n) is 5.05. The average Bonchev–Trinajstić information content (AvgIpc) is 2.88. The molecule has 0 N–H and O–H groups in total. The Kier molecular flexibility index (Phi) is 2.58. The summed E-state index contributed by atoms with van der Waals surface area (Å²) in [5, 5.41) is 0. The van der Waals surface area contributed by atoms with Crippen LogP contribution in [-0.2, 0) is 4.79 Å².